The van der Waals surface area contributed by atoms with E-state index in [9.17, 15) is 0 Å². The fraction of sp³-hybridized carbons (Fsp3) is 0.235. The molecule has 0 atom stereocenters. The van der Waals surface area contributed by atoms with Crippen molar-refractivity contribution in [2.24, 2.45) is 5.10 Å². The second-order valence-electron chi connectivity index (χ2n) is 5.65. The van der Waals surface area contributed by atoms with E-state index in [0.29, 0.717) is 10.0 Å². The lowest BCUT2D eigenvalue weighted by atomic mass is 9.97. The first-order valence-corrected chi connectivity index (χ1v) is 9.29. The summed E-state index contributed by atoms with van der Waals surface area (Å²) in [6.45, 7) is 0. The van der Waals surface area contributed by atoms with Gasteiger partial charge in [0.05, 0.1) is 16.6 Å². The minimum absolute atomic E-state index is 0.564. The van der Waals surface area contributed by atoms with Gasteiger partial charge in [-0.25, -0.2) is 9.97 Å². The average Bonchev–Trinajstić information content (AvgIpc) is 2.96. The highest BCUT2D eigenvalue weighted by Crippen LogP contribution is 2.38. The molecule has 0 spiro atoms. The average molecular weight is 377 g/mol. The van der Waals surface area contributed by atoms with Gasteiger partial charge in [0.1, 0.15) is 11.2 Å². The van der Waals surface area contributed by atoms with Crippen LogP contribution in [0.2, 0.25) is 10.0 Å². The van der Waals surface area contributed by atoms with Gasteiger partial charge in [-0.15, -0.1) is 11.3 Å². The molecular weight excluding hydrogens is 363 g/mol. The molecule has 122 valence electrons. The number of benzene rings is 1. The van der Waals surface area contributed by atoms with Crippen LogP contribution in [0.3, 0.4) is 0 Å². The predicted octanol–water partition coefficient (Wildman–Crippen LogP) is 5.32. The van der Waals surface area contributed by atoms with E-state index in [1.807, 2.05) is 6.07 Å². The van der Waals surface area contributed by atoms with Crippen LogP contribution in [-0.2, 0) is 12.8 Å². The number of aromatic nitrogens is 2. The van der Waals surface area contributed by atoms with E-state index in [4.69, 9.17) is 23.2 Å². The third-order valence-electron chi connectivity index (χ3n) is 4.09. The Labute approximate surface area is 153 Å². The summed E-state index contributed by atoms with van der Waals surface area (Å²) in [5.74, 6) is 0.751. The van der Waals surface area contributed by atoms with Crippen LogP contribution in [0.25, 0.3) is 10.2 Å². The van der Waals surface area contributed by atoms with Crippen molar-refractivity contribution in [3.8, 4) is 0 Å². The summed E-state index contributed by atoms with van der Waals surface area (Å²) in [5, 5.41) is 6.57. The second-order valence-corrected chi connectivity index (χ2v) is 7.58. The quantitative estimate of drug-likeness (QED) is 0.496. The number of nitrogens with zero attached hydrogens (tertiary/aromatic N) is 3. The van der Waals surface area contributed by atoms with Crippen LogP contribution >= 0.6 is 34.5 Å². The summed E-state index contributed by atoms with van der Waals surface area (Å²) in [7, 11) is 0. The summed E-state index contributed by atoms with van der Waals surface area (Å²) >= 11 is 13.8. The number of hydrazone groups is 1. The van der Waals surface area contributed by atoms with Crippen molar-refractivity contribution >= 4 is 56.8 Å². The smallest absolute Gasteiger partial charge is 0.158 e. The summed E-state index contributed by atoms with van der Waals surface area (Å²) in [6, 6.07) is 5.31. The van der Waals surface area contributed by atoms with E-state index in [1.54, 1.807) is 36.0 Å². The standard InChI is InChI=1S/C17H14Cl2N4S/c18-11-6-5-10(13(19)7-11)8-22-23-16-15-12-3-1-2-4-14(12)24-17(15)21-9-20-16/h5-9H,1-4H2,(H,20,21,23)/b22-8-. The summed E-state index contributed by atoms with van der Waals surface area (Å²) in [5.41, 5.74) is 5.22. The summed E-state index contributed by atoms with van der Waals surface area (Å²) in [6.07, 6.45) is 7.95. The molecule has 1 aromatic carbocycles. The Morgan fingerprint density at radius 3 is 2.92 bits per heavy atom. The van der Waals surface area contributed by atoms with Gasteiger partial charge in [0.15, 0.2) is 5.82 Å². The Bertz CT molecular complexity index is 936. The summed E-state index contributed by atoms with van der Waals surface area (Å²) < 4.78 is 0. The third kappa shape index (κ3) is 2.99. The number of thiophene rings is 1. The van der Waals surface area contributed by atoms with Gasteiger partial charge in [-0.2, -0.15) is 5.10 Å². The van der Waals surface area contributed by atoms with Crippen LogP contribution in [0.5, 0.6) is 0 Å². The van der Waals surface area contributed by atoms with E-state index < -0.39 is 0 Å². The second kappa shape index (κ2) is 6.67. The highest BCUT2D eigenvalue weighted by molar-refractivity contribution is 7.19. The number of halogens is 2. The van der Waals surface area contributed by atoms with Gasteiger partial charge in [-0.1, -0.05) is 29.3 Å². The number of nitrogens with one attached hydrogen (secondary N) is 1. The maximum Gasteiger partial charge on any atom is 0.158 e. The van der Waals surface area contributed by atoms with Crippen LogP contribution < -0.4 is 5.43 Å². The number of hydrogen-bond acceptors (Lipinski definition) is 5. The SMILES string of the molecule is Clc1ccc(/C=N\Nc2ncnc3sc4c(c23)CCCC4)c(Cl)c1. The molecule has 7 heteroatoms. The molecule has 0 bridgehead atoms. The zero-order valence-corrected chi connectivity index (χ0v) is 15.0. The molecule has 0 saturated carbocycles. The van der Waals surface area contributed by atoms with E-state index in [1.165, 1.54) is 23.3 Å². The van der Waals surface area contributed by atoms with Crippen molar-refractivity contribution in [3.63, 3.8) is 0 Å². The maximum absolute atomic E-state index is 6.16. The van der Waals surface area contributed by atoms with E-state index in [0.717, 1.165) is 34.4 Å². The largest absolute Gasteiger partial charge is 0.261 e. The van der Waals surface area contributed by atoms with Crippen molar-refractivity contribution in [2.45, 2.75) is 25.7 Å². The van der Waals surface area contributed by atoms with Crippen LogP contribution in [0.4, 0.5) is 5.82 Å². The Kier molecular flexibility index (Phi) is 4.39. The van der Waals surface area contributed by atoms with Gasteiger partial charge in [-0.05, 0) is 43.4 Å². The number of aryl methyl sites for hydroxylation is 2. The maximum atomic E-state index is 6.16. The Morgan fingerprint density at radius 1 is 1.17 bits per heavy atom. The molecule has 4 nitrogen and oxygen atoms in total. The van der Waals surface area contributed by atoms with Crippen LogP contribution in [-0.4, -0.2) is 16.2 Å². The molecule has 2 heterocycles. The van der Waals surface area contributed by atoms with Gasteiger partial charge in [-0.3, -0.25) is 5.43 Å². The van der Waals surface area contributed by atoms with Gasteiger partial charge in [0.2, 0.25) is 0 Å². The molecule has 0 radical (unpaired) electrons. The predicted molar refractivity (Wildman–Crippen MR) is 102 cm³/mol. The number of fused-ring (bicyclic) bond motifs is 3. The molecule has 0 unspecified atom stereocenters. The Morgan fingerprint density at radius 2 is 2.04 bits per heavy atom. The molecule has 0 aliphatic heterocycles. The first kappa shape index (κ1) is 15.8. The van der Waals surface area contributed by atoms with E-state index >= 15 is 0 Å². The first-order chi connectivity index (χ1) is 11.7. The Hall–Kier alpha value is -1.69. The molecular formula is C17H14Cl2N4S. The normalized spacial score (nSPS) is 14.2. The third-order valence-corrected chi connectivity index (χ3v) is 5.85. The monoisotopic (exact) mass is 376 g/mol. The zero-order valence-electron chi connectivity index (χ0n) is 12.7. The van der Waals surface area contributed by atoms with Crippen molar-refractivity contribution in [1.29, 1.82) is 0 Å². The van der Waals surface area contributed by atoms with Gasteiger partial charge in [0.25, 0.3) is 0 Å². The molecule has 1 aliphatic carbocycles. The Balaban J connectivity index is 1.65. The van der Waals surface area contributed by atoms with Crippen molar-refractivity contribution in [2.75, 3.05) is 5.43 Å². The zero-order chi connectivity index (χ0) is 16.5. The minimum atomic E-state index is 0.564. The highest BCUT2D eigenvalue weighted by atomic mass is 35.5. The topological polar surface area (TPSA) is 50.2 Å². The number of anilines is 1. The van der Waals surface area contributed by atoms with Gasteiger partial charge < -0.3 is 0 Å². The van der Waals surface area contributed by atoms with Gasteiger partial charge in [0, 0.05) is 15.5 Å². The molecule has 4 rings (SSSR count). The van der Waals surface area contributed by atoms with Crippen LogP contribution in [0.1, 0.15) is 28.8 Å². The molecule has 1 aliphatic rings. The van der Waals surface area contributed by atoms with Crippen molar-refractivity contribution in [1.82, 2.24) is 9.97 Å². The molecule has 0 saturated heterocycles. The first-order valence-electron chi connectivity index (χ1n) is 7.72. The lowest BCUT2D eigenvalue weighted by molar-refractivity contribution is 0.700. The molecule has 2 aromatic heterocycles. The fourth-order valence-corrected chi connectivity index (χ4v) is 4.63. The van der Waals surface area contributed by atoms with Crippen molar-refractivity contribution in [3.05, 3.63) is 50.6 Å². The van der Waals surface area contributed by atoms with E-state index in [2.05, 4.69) is 20.5 Å². The van der Waals surface area contributed by atoms with Crippen LogP contribution in [0, 0.1) is 0 Å². The number of hydrogen-bond donors (Lipinski definition) is 1. The van der Waals surface area contributed by atoms with E-state index in [-0.39, 0.29) is 0 Å². The lowest BCUT2D eigenvalue weighted by Gasteiger charge is -2.11. The van der Waals surface area contributed by atoms with Gasteiger partial charge >= 0.3 is 0 Å². The fourth-order valence-electron chi connectivity index (χ4n) is 2.94. The number of rotatable bonds is 3. The minimum Gasteiger partial charge on any atom is -0.261 e. The highest BCUT2D eigenvalue weighted by Gasteiger charge is 2.19. The van der Waals surface area contributed by atoms with Crippen molar-refractivity contribution < 1.29 is 0 Å². The van der Waals surface area contributed by atoms with Crippen LogP contribution in [0.15, 0.2) is 29.6 Å². The molecule has 1 N–H and O–H groups in total. The molecule has 24 heavy (non-hydrogen) atoms. The molecule has 0 fully saturated rings. The molecule has 3 aromatic rings. The molecule has 0 amide bonds. The lowest BCUT2D eigenvalue weighted by Crippen LogP contribution is -2.01. The summed E-state index contributed by atoms with van der Waals surface area (Å²) in [4.78, 5) is 11.2.